The summed E-state index contributed by atoms with van der Waals surface area (Å²) in [5.41, 5.74) is 0.640. The Morgan fingerprint density at radius 1 is 1.38 bits per heavy atom. The first-order valence-corrected chi connectivity index (χ1v) is 6.34. The second kappa shape index (κ2) is 6.04. The maximum atomic E-state index is 11.5. The van der Waals surface area contributed by atoms with E-state index in [-0.39, 0.29) is 11.9 Å². The van der Waals surface area contributed by atoms with Crippen LogP contribution in [0.1, 0.15) is 44.0 Å². The first kappa shape index (κ1) is 13.2. The molecular formula is C13H17BrO2. The number of ketones is 1. The lowest BCUT2D eigenvalue weighted by Gasteiger charge is -2.17. The number of carbonyl (C=O) groups is 1. The summed E-state index contributed by atoms with van der Waals surface area (Å²) in [6.45, 7) is 5.72. The lowest BCUT2D eigenvalue weighted by Crippen LogP contribution is -2.15. The number of ether oxygens (including phenoxy) is 1. The van der Waals surface area contributed by atoms with Crippen LogP contribution in [0.5, 0.6) is 5.75 Å². The molecule has 0 radical (unpaired) electrons. The highest BCUT2D eigenvalue weighted by atomic mass is 79.9. The molecule has 1 aromatic carbocycles. The van der Waals surface area contributed by atoms with Crippen molar-refractivity contribution < 1.29 is 9.53 Å². The van der Waals surface area contributed by atoms with Gasteiger partial charge in [-0.1, -0.05) is 29.8 Å². The third kappa shape index (κ3) is 3.34. The number of carbonyl (C=O) groups excluding carboxylic acids is 1. The Balaban J connectivity index is 2.98. The van der Waals surface area contributed by atoms with E-state index >= 15 is 0 Å². The molecule has 0 atom stereocenters. The molecule has 2 nitrogen and oxygen atoms in total. The molecule has 0 amide bonds. The highest BCUT2D eigenvalue weighted by Gasteiger charge is 2.12. The Labute approximate surface area is 105 Å². The van der Waals surface area contributed by atoms with Crippen LogP contribution < -0.4 is 4.74 Å². The molecule has 0 saturated heterocycles. The van der Waals surface area contributed by atoms with Crippen molar-refractivity contribution in [1.29, 1.82) is 0 Å². The molecule has 0 aliphatic heterocycles. The van der Waals surface area contributed by atoms with E-state index in [1.165, 1.54) is 0 Å². The van der Waals surface area contributed by atoms with Gasteiger partial charge in [-0.05, 0) is 38.0 Å². The van der Waals surface area contributed by atoms with Gasteiger partial charge < -0.3 is 4.74 Å². The van der Waals surface area contributed by atoms with Crippen LogP contribution in [0.15, 0.2) is 22.7 Å². The summed E-state index contributed by atoms with van der Waals surface area (Å²) in [4.78, 5) is 11.5. The Bertz CT molecular complexity index is 370. The van der Waals surface area contributed by atoms with Gasteiger partial charge in [-0.3, -0.25) is 4.79 Å². The molecule has 88 valence electrons. The van der Waals surface area contributed by atoms with Crippen molar-refractivity contribution >= 4 is 21.7 Å². The smallest absolute Gasteiger partial charge is 0.163 e. The summed E-state index contributed by atoms with van der Waals surface area (Å²) in [7, 11) is 0. The quantitative estimate of drug-likeness (QED) is 0.757. The third-order valence-corrected chi connectivity index (χ3v) is 3.02. The van der Waals surface area contributed by atoms with E-state index in [0.717, 1.165) is 17.3 Å². The van der Waals surface area contributed by atoms with E-state index in [1.54, 1.807) is 13.0 Å². The van der Waals surface area contributed by atoms with Crippen LogP contribution >= 0.6 is 15.9 Å². The van der Waals surface area contributed by atoms with E-state index in [2.05, 4.69) is 29.8 Å². The summed E-state index contributed by atoms with van der Waals surface area (Å²) < 4.78 is 6.72. The SMILES string of the molecule is CCC(CC)Oc1ccc(Br)cc1C(C)=O. The monoisotopic (exact) mass is 284 g/mol. The second-order valence-corrected chi connectivity index (χ2v) is 4.67. The predicted molar refractivity (Wildman–Crippen MR) is 69.1 cm³/mol. The second-order valence-electron chi connectivity index (χ2n) is 3.75. The molecule has 0 saturated carbocycles. The standard InChI is InChI=1S/C13H17BrO2/c1-4-11(5-2)16-13-7-6-10(14)8-12(13)9(3)15/h6-8,11H,4-5H2,1-3H3. The maximum absolute atomic E-state index is 11.5. The molecule has 0 N–H and O–H groups in total. The van der Waals surface area contributed by atoms with Crippen molar-refractivity contribution in [1.82, 2.24) is 0 Å². The van der Waals surface area contributed by atoms with Gasteiger partial charge in [0.15, 0.2) is 5.78 Å². The summed E-state index contributed by atoms with van der Waals surface area (Å²) in [6.07, 6.45) is 2.08. The molecule has 0 spiro atoms. The van der Waals surface area contributed by atoms with Crippen LogP contribution in [-0.2, 0) is 0 Å². The molecule has 0 heterocycles. The molecule has 0 aliphatic carbocycles. The van der Waals surface area contributed by atoms with Crippen molar-refractivity contribution in [3.8, 4) is 5.75 Å². The number of halogens is 1. The lowest BCUT2D eigenvalue weighted by atomic mass is 10.1. The Morgan fingerprint density at radius 2 is 2.00 bits per heavy atom. The van der Waals surface area contributed by atoms with E-state index in [1.807, 2.05) is 12.1 Å². The lowest BCUT2D eigenvalue weighted by molar-refractivity contribution is 0.100. The summed E-state index contributed by atoms with van der Waals surface area (Å²) >= 11 is 3.36. The van der Waals surface area contributed by atoms with Crippen LogP contribution in [-0.4, -0.2) is 11.9 Å². The predicted octanol–water partition coefficient (Wildman–Crippen LogP) is 4.22. The van der Waals surface area contributed by atoms with Gasteiger partial charge in [0.25, 0.3) is 0 Å². The molecule has 1 aromatic rings. The Hall–Kier alpha value is -0.830. The highest BCUT2D eigenvalue weighted by molar-refractivity contribution is 9.10. The zero-order valence-electron chi connectivity index (χ0n) is 9.92. The van der Waals surface area contributed by atoms with Gasteiger partial charge in [0.2, 0.25) is 0 Å². The number of Topliss-reactive ketones (excluding diaryl/α,β-unsaturated/α-hetero) is 1. The van der Waals surface area contributed by atoms with E-state index in [9.17, 15) is 4.79 Å². The van der Waals surface area contributed by atoms with Crippen LogP contribution in [0.4, 0.5) is 0 Å². The fourth-order valence-corrected chi connectivity index (χ4v) is 1.88. The first-order chi connectivity index (χ1) is 7.58. The van der Waals surface area contributed by atoms with Crippen molar-refractivity contribution in [3.05, 3.63) is 28.2 Å². The largest absolute Gasteiger partial charge is 0.490 e. The summed E-state index contributed by atoms with van der Waals surface area (Å²) in [6, 6.07) is 5.54. The highest BCUT2D eigenvalue weighted by Crippen LogP contribution is 2.25. The Kier molecular flexibility index (Phi) is 5.00. The number of rotatable bonds is 5. The van der Waals surface area contributed by atoms with Crippen molar-refractivity contribution in [2.75, 3.05) is 0 Å². The van der Waals surface area contributed by atoms with Crippen LogP contribution in [0.2, 0.25) is 0 Å². The van der Waals surface area contributed by atoms with Gasteiger partial charge in [0, 0.05) is 4.47 Å². The fourth-order valence-electron chi connectivity index (χ4n) is 1.52. The molecule has 0 aliphatic rings. The first-order valence-electron chi connectivity index (χ1n) is 5.55. The molecule has 0 aromatic heterocycles. The van der Waals surface area contributed by atoms with Crippen molar-refractivity contribution in [3.63, 3.8) is 0 Å². The fraction of sp³-hybridized carbons (Fsp3) is 0.462. The minimum absolute atomic E-state index is 0.0299. The van der Waals surface area contributed by atoms with E-state index < -0.39 is 0 Å². The van der Waals surface area contributed by atoms with Crippen LogP contribution in [0.3, 0.4) is 0 Å². The molecule has 3 heteroatoms. The van der Waals surface area contributed by atoms with Gasteiger partial charge >= 0.3 is 0 Å². The summed E-state index contributed by atoms with van der Waals surface area (Å²) in [5.74, 6) is 0.714. The topological polar surface area (TPSA) is 26.3 Å². The van der Waals surface area contributed by atoms with Gasteiger partial charge in [-0.2, -0.15) is 0 Å². The maximum Gasteiger partial charge on any atom is 0.163 e. The minimum Gasteiger partial charge on any atom is -0.490 e. The van der Waals surface area contributed by atoms with Crippen LogP contribution in [0, 0.1) is 0 Å². The number of hydrogen-bond acceptors (Lipinski definition) is 2. The average Bonchev–Trinajstić information content (AvgIpc) is 2.27. The van der Waals surface area contributed by atoms with E-state index in [0.29, 0.717) is 11.3 Å². The number of hydrogen-bond donors (Lipinski definition) is 0. The third-order valence-electron chi connectivity index (χ3n) is 2.53. The van der Waals surface area contributed by atoms with Gasteiger partial charge in [-0.15, -0.1) is 0 Å². The van der Waals surface area contributed by atoms with Gasteiger partial charge in [-0.25, -0.2) is 0 Å². The number of benzene rings is 1. The molecule has 0 bridgehead atoms. The van der Waals surface area contributed by atoms with Gasteiger partial charge in [0.05, 0.1) is 11.7 Å². The molecule has 16 heavy (non-hydrogen) atoms. The molecular weight excluding hydrogens is 268 g/mol. The van der Waals surface area contributed by atoms with Crippen molar-refractivity contribution in [2.24, 2.45) is 0 Å². The van der Waals surface area contributed by atoms with Gasteiger partial charge in [0.1, 0.15) is 5.75 Å². The Morgan fingerprint density at radius 3 is 2.50 bits per heavy atom. The molecule has 1 rings (SSSR count). The molecule has 0 fully saturated rings. The minimum atomic E-state index is 0.0299. The average molecular weight is 285 g/mol. The molecule has 0 unspecified atom stereocenters. The van der Waals surface area contributed by atoms with Crippen LogP contribution in [0.25, 0.3) is 0 Å². The zero-order chi connectivity index (χ0) is 12.1. The zero-order valence-corrected chi connectivity index (χ0v) is 11.5. The van der Waals surface area contributed by atoms with Crippen molar-refractivity contribution in [2.45, 2.75) is 39.7 Å². The normalized spacial score (nSPS) is 10.6. The van der Waals surface area contributed by atoms with E-state index in [4.69, 9.17) is 4.74 Å². The summed E-state index contributed by atoms with van der Waals surface area (Å²) in [5, 5.41) is 0.